The monoisotopic (exact) mass is 266 g/mol. The van der Waals surface area contributed by atoms with E-state index in [1.807, 2.05) is 42.5 Å². The molecular weight excluding hydrogens is 248 g/mol. The van der Waals surface area contributed by atoms with Gasteiger partial charge in [0.15, 0.2) is 5.78 Å². The highest BCUT2D eigenvalue weighted by molar-refractivity contribution is 5.96. The van der Waals surface area contributed by atoms with E-state index in [1.54, 1.807) is 0 Å². The molecule has 20 heavy (non-hydrogen) atoms. The van der Waals surface area contributed by atoms with Gasteiger partial charge in [-0.15, -0.1) is 0 Å². The first-order valence-electron chi connectivity index (χ1n) is 7.13. The van der Waals surface area contributed by atoms with E-state index in [9.17, 15) is 4.79 Å². The molecule has 3 rings (SSSR count). The zero-order chi connectivity index (χ0) is 13.8. The molecule has 0 aromatic heterocycles. The molecule has 0 unspecified atom stereocenters. The molecule has 1 atom stereocenters. The van der Waals surface area contributed by atoms with E-state index in [0.29, 0.717) is 6.42 Å². The Morgan fingerprint density at radius 1 is 1.00 bits per heavy atom. The Morgan fingerprint density at radius 2 is 1.70 bits per heavy atom. The molecule has 1 fully saturated rings. The number of hydrogen-bond donors (Lipinski definition) is 0. The zero-order valence-electron chi connectivity index (χ0n) is 11.4. The molecule has 1 aliphatic heterocycles. The van der Waals surface area contributed by atoms with Crippen LogP contribution in [0.25, 0.3) is 11.1 Å². The van der Waals surface area contributed by atoms with Crippen LogP contribution >= 0.6 is 0 Å². The van der Waals surface area contributed by atoms with Gasteiger partial charge in [0.25, 0.3) is 0 Å². The maximum absolute atomic E-state index is 12.2. The summed E-state index contributed by atoms with van der Waals surface area (Å²) in [5.74, 6) is 0.177. The lowest BCUT2D eigenvalue weighted by molar-refractivity contribution is 0.0775. The van der Waals surface area contributed by atoms with Gasteiger partial charge in [-0.05, 0) is 24.0 Å². The normalized spacial score (nSPS) is 18.1. The van der Waals surface area contributed by atoms with Gasteiger partial charge in [-0.25, -0.2) is 0 Å². The number of carbonyl (C=O) groups excluding carboxylic acids is 1. The molecule has 2 heteroatoms. The molecule has 1 saturated heterocycles. The Kier molecular flexibility index (Phi) is 3.93. The van der Waals surface area contributed by atoms with Crippen molar-refractivity contribution in [3.8, 4) is 11.1 Å². The highest BCUT2D eigenvalue weighted by Crippen LogP contribution is 2.21. The lowest BCUT2D eigenvalue weighted by atomic mass is 10.00. The molecular formula is C18H18O2. The van der Waals surface area contributed by atoms with E-state index in [0.717, 1.165) is 30.6 Å². The molecule has 0 saturated carbocycles. The Hall–Kier alpha value is -1.93. The first-order valence-corrected chi connectivity index (χ1v) is 7.13. The van der Waals surface area contributed by atoms with Crippen LogP contribution in [0.2, 0.25) is 0 Å². The minimum Gasteiger partial charge on any atom is -0.378 e. The van der Waals surface area contributed by atoms with Crippen molar-refractivity contribution >= 4 is 5.78 Å². The molecule has 0 spiro atoms. The number of ketones is 1. The fraction of sp³-hybridized carbons (Fsp3) is 0.278. The SMILES string of the molecule is O=C(C[C@@H]1CCCO1)c1ccc(-c2ccccc2)cc1. The standard InChI is InChI=1S/C18H18O2/c19-18(13-17-7-4-12-20-17)16-10-8-15(9-11-16)14-5-2-1-3-6-14/h1-3,5-6,8-11,17H,4,7,12-13H2/t17-/m0/s1. The topological polar surface area (TPSA) is 26.3 Å². The lowest BCUT2D eigenvalue weighted by Crippen LogP contribution is -2.12. The molecule has 2 nitrogen and oxygen atoms in total. The summed E-state index contributed by atoms with van der Waals surface area (Å²) in [7, 11) is 0. The van der Waals surface area contributed by atoms with Crippen LogP contribution in [0.4, 0.5) is 0 Å². The van der Waals surface area contributed by atoms with Crippen LogP contribution in [-0.2, 0) is 4.74 Å². The molecule has 102 valence electrons. The van der Waals surface area contributed by atoms with E-state index < -0.39 is 0 Å². The third-order valence-corrected chi connectivity index (χ3v) is 3.75. The first kappa shape index (κ1) is 13.1. The van der Waals surface area contributed by atoms with E-state index in [-0.39, 0.29) is 11.9 Å². The van der Waals surface area contributed by atoms with E-state index in [4.69, 9.17) is 4.74 Å². The highest BCUT2D eigenvalue weighted by atomic mass is 16.5. The number of ether oxygens (including phenoxy) is 1. The van der Waals surface area contributed by atoms with Crippen LogP contribution in [0.1, 0.15) is 29.6 Å². The largest absolute Gasteiger partial charge is 0.378 e. The number of rotatable bonds is 4. The fourth-order valence-electron chi connectivity index (χ4n) is 2.61. The second-order valence-corrected chi connectivity index (χ2v) is 5.21. The van der Waals surface area contributed by atoms with Gasteiger partial charge in [-0.2, -0.15) is 0 Å². The van der Waals surface area contributed by atoms with E-state index in [2.05, 4.69) is 12.1 Å². The molecule has 0 amide bonds. The van der Waals surface area contributed by atoms with Crippen LogP contribution in [0.15, 0.2) is 54.6 Å². The van der Waals surface area contributed by atoms with Gasteiger partial charge in [0.2, 0.25) is 0 Å². The number of carbonyl (C=O) groups is 1. The van der Waals surface area contributed by atoms with Crippen molar-refractivity contribution in [2.24, 2.45) is 0 Å². The third-order valence-electron chi connectivity index (χ3n) is 3.75. The molecule has 1 heterocycles. The van der Waals surface area contributed by atoms with Crippen molar-refractivity contribution in [1.82, 2.24) is 0 Å². The Balaban J connectivity index is 1.71. The van der Waals surface area contributed by atoms with Crippen molar-refractivity contribution in [1.29, 1.82) is 0 Å². The summed E-state index contributed by atoms with van der Waals surface area (Å²) in [6.45, 7) is 0.797. The minimum atomic E-state index is 0.122. The number of Topliss-reactive ketones (excluding diaryl/α,β-unsaturated/α-hetero) is 1. The second kappa shape index (κ2) is 6.02. The summed E-state index contributed by atoms with van der Waals surface area (Å²) in [5, 5.41) is 0. The molecule has 1 aliphatic rings. The Bertz CT molecular complexity index is 566. The van der Waals surface area contributed by atoms with Gasteiger partial charge in [0.05, 0.1) is 6.10 Å². The summed E-state index contributed by atoms with van der Waals surface area (Å²) >= 11 is 0. The maximum Gasteiger partial charge on any atom is 0.165 e. The van der Waals surface area contributed by atoms with Gasteiger partial charge in [0, 0.05) is 18.6 Å². The van der Waals surface area contributed by atoms with Gasteiger partial charge in [-0.3, -0.25) is 4.79 Å². The maximum atomic E-state index is 12.2. The quantitative estimate of drug-likeness (QED) is 0.779. The highest BCUT2D eigenvalue weighted by Gasteiger charge is 2.19. The van der Waals surface area contributed by atoms with Crippen molar-refractivity contribution in [3.63, 3.8) is 0 Å². The summed E-state index contributed by atoms with van der Waals surface area (Å²) in [6.07, 6.45) is 2.71. The predicted octanol–water partition coefficient (Wildman–Crippen LogP) is 4.11. The Morgan fingerprint density at radius 3 is 2.35 bits per heavy atom. The molecule has 2 aromatic rings. The Labute approximate surface area is 119 Å². The third kappa shape index (κ3) is 2.97. The van der Waals surface area contributed by atoms with E-state index in [1.165, 1.54) is 5.56 Å². The van der Waals surface area contributed by atoms with Gasteiger partial charge in [0.1, 0.15) is 0 Å². The van der Waals surface area contributed by atoms with E-state index >= 15 is 0 Å². The van der Waals surface area contributed by atoms with Gasteiger partial charge >= 0.3 is 0 Å². The fourth-order valence-corrected chi connectivity index (χ4v) is 2.61. The van der Waals surface area contributed by atoms with Gasteiger partial charge in [-0.1, -0.05) is 54.6 Å². The smallest absolute Gasteiger partial charge is 0.165 e. The zero-order valence-corrected chi connectivity index (χ0v) is 11.4. The lowest BCUT2D eigenvalue weighted by Gasteiger charge is -2.08. The molecule has 0 bridgehead atoms. The van der Waals surface area contributed by atoms with Crippen LogP contribution in [0.3, 0.4) is 0 Å². The van der Waals surface area contributed by atoms with Crippen molar-refractivity contribution < 1.29 is 9.53 Å². The van der Waals surface area contributed by atoms with Crippen LogP contribution in [0.5, 0.6) is 0 Å². The average Bonchev–Trinajstić information content (AvgIpc) is 3.01. The molecule has 0 aliphatic carbocycles. The van der Waals surface area contributed by atoms with Crippen LogP contribution in [-0.4, -0.2) is 18.5 Å². The van der Waals surface area contributed by atoms with Crippen molar-refractivity contribution in [3.05, 3.63) is 60.2 Å². The summed E-state index contributed by atoms with van der Waals surface area (Å²) in [6, 6.07) is 18.0. The summed E-state index contributed by atoms with van der Waals surface area (Å²) in [4.78, 5) is 12.2. The molecule has 0 radical (unpaired) electrons. The molecule has 2 aromatic carbocycles. The van der Waals surface area contributed by atoms with Crippen LogP contribution < -0.4 is 0 Å². The summed E-state index contributed by atoms with van der Waals surface area (Å²) in [5.41, 5.74) is 3.09. The van der Waals surface area contributed by atoms with Crippen molar-refractivity contribution in [2.75, 3.05) is 6.61 Å². The molecule has 0 N–H and O–H groups in total. The second-order valence-electron chi connectivity index (χ2n) is 5.21. The average molecular weight is 266 g/mol. The van der Waals surface area contributed by atoms with Crippen LogP contribution in [0, 0.1) is 0 Å². The number of hydrogen-bond acceptors (Lipinski definition) is 2. The summed E-state index contributed by atoms with van der Waals surface area (Å²) < 4.78 is 5.52. The van der Waals surface area contributed by atoms with Gasteiger partial charge < -0.3 is 4.74 Å². The minimum absolute atomic E-state index is 0.122. The number of benzene rings is 2. The predicted molar refractivity (Wildman–Crippen MR) is 79.8 cm³/mol. The van der Waals surface area contributed by atoms with Crippen molar-refractivity contribution in [2.45, 2.75) is 25.4 Å². The first-order chi connectivity index (χ1) is 9.83.